The van der Waals surface area contributed by atoms with E-state index in [1.807, 2.05) is 18.2 Å². The Morgan fingerprint density at radius 3 is 3.12 bits per heavy atom. The Balaban J connectivity index is 2.27. The highest BCUT2D eigenvalue weighted by atomic mass is 32.2. The number of aromatic amines is 1. The van der Waals surface area contributed by atoms with Crippen molar-refractivity contribution in [2.75, 3.05) is 12.0 Å². The highest BCUT2D eigenvalue weighted by Gasteiger charge is 2.08. The molecule has 1 heterocycles. The molecule has 0 radical (unpaired) electrons. The SMILES string of the molecule is CSCCC(N)c1ccc2[nH]c(=O)oc2c1. The van der Waals surface area contributed by atoms with Gasteiger partial charge in [-0.05, 0) is 36.1 Å². The summed E-state index contributed by atoms with van der Waals surface area (Å²) in [6.07, 6.45) is 2.97. The van der Waals surface area contributed by atoms with Crippen LogP contribution in [-0.4, -0.2) is 17.0 Å². The average molecular weight is 238 g/mol. The van der Waals surface area contributed by atoms with E-state index >= 15 is 0 Å². The van der Waals surface area contributed by atoms with Gasteiger partial charge in [0, 0.05) is 6.04 Å². The monoisotopic (exact) mass is 238 g/mol. The minimum absolute atomic E-state index is 0.00273. The van der Waals surface area contributed by atoms with Gasteiger partial charge in [0.25, 0.3) is 0 Å². The van der Waals surface area contributed by atoms with E-state index in [0.29, 0.717) is 11.1 Å². The maximum absolute atomic E-state index is 11.0. The molecule has 0 aliphatic heterocycles. The Bertz CT molecular complexity index is 532. The number of nitrogens with two attached hydrogens (primary N) is 1. The van der Waals surface area contributed by atoms with Crippen molar-refractivity contribution in [3.05, 3.63) is 34.3 Å². The Labute approximate surface area is 97.2 Å². The van der Waals surface area contributed by atoms with Gasteiger partial charge in [-0.3, -0.25) is 4.98 Å². The molecule has 2 aromatic rings. The molecule has 4 nitrogen and oxygen atoms in total. The van der Waals surface area contributed by atoms with Crippen LogP contribution in [0.15, 0.2) is 27.4 Å². The van der Waals surface area contributed by atoms with Crippen LogP contribution in [0.3, 0.4) is 0 Å². The van der Waals surface area contributed by atoms with E-state index in [9.17, 15) is 4.79 Å². The number of thioether (sulfide) groups is 1. The first-order valence-electron chi connectivity index (χ1n) is 5.08. The minimum atomic E-state index is -0.426. The second kappa shape index (κ2) is 4.76. The molecule has 86 valence electrons. The molecule has 2 rings (SSSR count). The Morgan fingerprint density at radius 1 is 1.56 bits per heavy atom. The van der Waals surface area contributed by atoms with Crippen LogP contribution in [0.2, 0.25) is 0 Å². The van der Waals surface area contributed by atoms with Gasteiger partial charge in [-0.25, -0.2) is 4.79 Å². The van der Waals surface area contributed by atoms with Crippen molar-refractivity contribution < 1.29 is 4.42 Å². The smallest absolute Gasteiger partial charge is 0.408 e. The fraction of sp³-hybridized carbons (Fsp3) is 0.364. The molecule has 16 heavy (non-hydrogen) atoms. The van der Waals surface area contributed by atoms with Crippen molar-refractivity contribution in [2.45, 2.75) is 12.5 Å². The summed E-state index contributed by atoms with van der Waals surface area (Å²) < 4.78 is 4.99. The third kappa shape index (κ3) is 2.31. The second-order valence-corrected chi connectivity index (χ2v) is 4.64. The Hall–Kier alpha value is -1.20. The normalized spacial score (nSPS) is 13.1. The molecule has 3 N–H and O–H groups in total. The zero-order chi connectivity index (χ0) is 11.5. The quantitative estimate of drug-likeness (QED) is 0.853. The first kappa shape index (κ1) is 11.3. The summed E-state index contributed by atoms with van der Waals surface area (Å²) in [7, 11) is 0. The van der Waals surface area contributed by atoms with Crippen LogP contribution in [0.5, 0.6) is 0 Å². The zero-order valence-corrected chi connectivity index (χ0v) is 9.84. The molecule has 0 fully saturated rings. The summed E-state index contributed by atoms with van der Waals surface area (Å²) in [6, 6.07) is 5.59. The van der Waals surface area contributed by atoms with E-state index in [2.05, 4.69) is 11.2 Å². The highest BCUT2D eigenvalue weighted by molar-refractivity contribution is 7.98. The lowest BCUT2D eigenvalue weighted by Gasteiger charge is -2.10. The number of hydrogen-bond donors (Lipinski definition) is 2. The summed E-state index contributed by atoms with van der Waals surface area (Å²) in [6.45, 7) is 0. The number of benzene rings is 1. The van der Waals surface area contributed by atoms with Crippen molar-refractivity contribution in [3.63, 3.8) is 0 Å². The molecule has 5 heteroatoms. The zero-order valence-electron chi connectivity index (χ0n) is 9.03. The van der Waals surface area contributed by atoms with Crippen LogP contribution in [0, 0.1) is 0 Å². The van der Waals surface area contributed by atoms with Crippen LogP contribution in [0.4, 0.5) is 0 Å². The number of H-pyrrole nitrogens is 1. The Kier molecular flexibility index (Phi) is 3.36. The summed E-state index contributed by atoms with van der Waals surface area (Å²) in [5.41, 5.74) is 8.32. The fourth-order valence-electron chi connectivity index (χ4n) is 1.60. The van der Waals surface area contributed by atoms with E-state index in [-0.39, 0.29) is 6.04 Å². The number of nitrogens with one attached hydrogen (secondary N) is 1. The van der Waals surface area contributed by atoms with Crippen molar-refractivity contribution >= 4 is 22.9 Å². The highest BCUT2D eigenvalue weighted by Crippen LogP contribution is 2.20. The van der Waals surface area contributed by atoms with Gasteiger partial charge in [-0.15, -0.1) is 0 Å². The fourth-order valence-corrected chi connectivity index (χ4v) is 2.09. The van der Waals surface area contributed by atoms with Gasteiger partial charge in [-0.2, -0.15) is 11.8 Å². The molecule has 0 bridgehead atoms. The predicted molar refractivity (Wildman–Crippen MR) is 66.8 cm³/mol. The number of rotatable bonds is 4. The summed E-state index contributed by atoms with van der Waals surface area (Å²) >= 11 is 1.77. The standard InChI is InChI=1S/C11H14N2O2S/c1-16-5-4-8(12)7-2-3-9-10(6-7)15-11(14)13-9/h2-3,6,8H,4-5,12H2,1H3,(H,13,14). The van der Waals surface area contributed by atoms with E-state index in [1.54, 1.807) is 11.8 Å². The largest absolute Gasteiger partial charge is 0.417 e. The van der Waals surface area contributed by atoms with Gasteiger partial charge in [0.2, 0.25) is 0 Å². The van der Waals surface area contributed by atoms with Gasteiger partial charge in [0.15, 0.2) is 5.58 Å². The molecular formula is C11H14N2O2S. The van der Waals surface area contributed by atoms with Crippen LogP contribution >= 0.6 is 11.8 Å². The summed E-state index contributed by atoms with van der Waals surface area (Å²) in [5.74, 6) is 0.598. The van der Waals surface area contributed by atoms with Gasteiger partial charge in [0.1, 0.15) is 0 Å². The number of aromatic nitrogens is 1. The van der Waals surface area contributed by atoms with Gasteiger partial charge in [0.05, 0.1) is 5.52 Å². The van der Waals surface area contributed by atoms with E-state index in [0.717, 1.165) is 17.7 Å². The van der Waals surface area contributed by atoms with E-state index in [1.165, 1.54) is 0 Å². The average Bonchev–Trinajstić information content (AvgIpc) is 2.64. The van der Waals surface area contributed by atoms with Crippen molar-refractivity contribution in [2.24, 2.45) is 5.73 Å². The molecule has 0 aliphatic carbocycles. The lowest BCUT2D eigenvalue weighted by atomic mass is 10.1. The molecule has 0 amide bonds. The molecule has 1 atom stereocenters. The topological polar surface area (TPSA) is 72.0 Å². The second-order valence-electron chi connectivity index (χ2n) is 3.66. The first-order valence-corrected chi connectivity index (χ1v) is 6.47. The van der Waals surface area contributed by atoms with Crippen molar-refractivity contribution in [3.8, 4) is 0 Å². The molecule has 1 aromatic carbocycles. The number of oxazole rings is 1. The summed E-state index contributed by atoms with van der Waals surface area (Å²) in [5, 5.41) is 0. The van der Waals surface area contributed by atoms with Crippen LogP contribution in [0.1, 0.15) is 18.0 Å². The lowest BCUT2D eigenvalue weighted by Crippen LogP contribution is -2.10. The maximum Gasteiger partial charge on any atom is 0.417 e. The van der Waals surface area contributed by atoms with Crippen molar-refractivity contribution in [1.29, 1.82) is 0 Å². The molecule has 1 unspecified atom stereocenters. The lowest BCUT2D eigenvalue weighted by molar-refractivity contribution is 0.554. The molecule has 0 spiro atoms. The number of hydrogen-bond acceptors (Lipinski definition) is 4. The molecular weight excluding hydrogens is 224 g/mol. The van der Waals surface area contributed by atoms with Crippen LogP contribution in [-0.2, 0) is 0 Å². The number of fused-ring (bicyclic) bond motifs is 1. The maximum atomic E-state index is 11.0. The van der Waals surface area contributed by atoms with Gasteiger partial charge in [-0.1, -0.05) is 6.07 Å². The van der Waals surface area contributed by atoms with Gasteiger partial charge >= 0.3 is 5.76 Å². The molecule has 1 aromatic heterocycles. The summed E-state index contributed by atoms with van der Waals surface area (Å²) in [4.78, 5) is 13.6. The first-order chi connectivity index (χ1) is 7.70. The third-order valence-corrected chi connectivity index (χ3v) is 3.15. The van der Waals surface area contributed by atoms with Crippen molar-refractivity contribution in [1.82, 2.24) is 4.98 Å². The van der Waals surface area contributed by atoms with Crippen LogP contribution < -0.4 is 11.5 Å². The Morgan fingerprint density at radius 2 is 2.38 bits per heavy atom. The van der Waals surface area contributed by atoms with E-state index < -0.39 is 5.76 Å². The van der Waals surface area contributed by atoms with Gasteiger partial charge < -0.3 is 10.2 Å². The predicted octanol–water partition coefficient (Wildman–Crippen LogP) is 1.87. The van der Waals surface area contributed by atoms with E-state index in [4.69, 9.17) is 10.2 Å². The molecule has 0 saturated heterocycles. The molecule has 0 saturated carbocycles. The minimum Gasteiger partial charge on any atom is -0.408 e. The van der Waals surface area contributed by atoms with Crippen LogP contribution in [0.25, 0.3) is 11.1 Å². The molecule has 0 aliphatic rings. The third-order valence-electron chi connectivity index (χ3n) is 2.51.